The van der Waals surface area contributed by atoms with Crippen LogP contribution in [-0.2, 0) is 10.3 Å². The maximum Gasteiger partial charge on any atom is 0.244 e. The topological polar surface area (TPSA) is 103 Å². The normalized spacial score (nSPS) is 20.6. The van der Waals surface area contributed by atoms with E-state index in [9.17, 15) is 4.79 Å². The fourth-order valence-corrected chi connectivity index (χ4v) is 3.93. The average Bonchev–Trinajstić information content (AvgIpc) is 3.67. The zero-order valence-electron chi connectivity index (χ0n) is 17.2. The van der Waals surface area contributed by atoms with Gasteiger partial charge >= 0.3 is 0 Å². The molecule has 8 nitrogen and oxygen atoms in total. The van der Waals surface area contributed by atoms with E-state index in [0.717, 1.165) is 35.2 Å². The molecule has 1 aliphatic heterocycles. The van der Waals surface area contributed by atoms with Crippen molar-refractivity contribution in [2.75, 3.05) is 11.4 Å². The zero-order chi connectivity index (χ0) is 21.4. The molecule has 3 aliphatic rings. The van der Waals surface area contributed by atoms with Crippen molar-refractivity contribution in [2.45, 2.75) is 50.5 Å². The van der Waals surface area contributed by atoms with Gasteiger partial charge in [0.25, 0.3) is 0 Å². The highest BCUT2D eigenvalue weighted by molar-refractivity contribution is 6.02. The van der Waals surface area contributed by atoms with E-state index in [2.05, 4.69) is 22.3 Å². The molecule has 156 valence electrons. The predicted octanol–water partition coefficient (Wildman–Crippen LogP) is 3.65. The van der Waals surface area contributed by atoms with Gasteiger partial charge in [-0.3, -0.25) is 9.48 Å². The molecule has 0 aromatic carbocycles. The van der Waals surface area contributed by atoms with Gasteiger partial charge in [0.15, 0.2) is 0 Å². The van der Waals surface area contributed by atoms with Crippen LogP contribution in [0.3, 0.4) is 0 Å². The van der Waals surface area contributed by atoms with Crippen LogP contribution in [-0.4, -0.2) is 31.8 Å². The highest BCUT2D eigenvalue weighted by Crippen LogP contribution is 2.46. The smallest absolute Gasteiger partial charge is 0.244 e. The SMILES string of the molecule is C1CC1.N#CCC1(n2cc(-c3cc4c(N5CCC(C#N)C5=O)ccnn4c3)cn2)CC1. The number of nitriles is 2. The van der Waals surface area contributed by atoms with E-state index in [-0.39, 0.29) is 11.4 Å². The second-order valence-electron chi connectivity index (χ2n) is 8.53. The Bertz CT molecular complexity index is 1220. The van der Waals surface area contributed by atoms with Crippen molar-refractivity contribution in [3.05, 3.63) is 36.9 Å². The first-order valence-electron chi connectivity index (χ1n) is 10.8. The highest BCUT2D eigenvalue weighted by atomic mass is 16.2. The summed E-state index contributed by atoms with van der Waals surface area (Å²) in [5.74, 6) is -0.728. The van der Waals surface area contributed by atoms with Crippen LogP contribution >= 0.6 is 0 Å². The van der Waals surface area contributed by atoms with Crippen molar-refractivity contribution in [3.63, 3.8) is 0 Å². The minimum atomic E-state index is -0.573. The molecule has 3 aromatic heterocycles. The number of aromatic nitrogens is 4. The summed E-state index contributed by atoms with van der Waals surface area (Å²) in [6, 6.07) is 8.13. The molecule has 2 aliphatic carbocycles. The molecule has 8 heteroatoms. The molecule has 3 aromatic rings. The van der Waals surface area contributed by atoms with E-state index in [4.69, 9.17) is 10.5 Å². The van der Waals surface area contributed by atoms with Crippen molar-refractivity contribution < 1.29 is 4.79 Å². The molecule has 1 amide bonds. The third-order valence-electron chi connectivity index (χ3n) is 6.13. The number of hydrogen-bond donors (Lipinski definition) is 0. The first kappa shape index (κ1) is 19.3. The lowest BCUT2D eigenvalue weighted by Gasteiger charge is -2.16. The summed E-state index contributed by atoms with van der Waals surface area (Å²) >= 11 is 0. The molecule has 1 saturated heterocycles. The van der Waals surface area contributed by atoms with E-state index >= 15 is 0 Å². The van der Waals surface area contributed by atoms with Crippen LogP contribution in [0, 0.1) is 28.6 Å². The molecule has 2 saturated carbocycles. The second-order valence-corrected chi connectivity index (χ2v) is 8.53. The molecule has 31 heavy (non-hydrogen) atoms. The van der Waals surface area contributed by atoms with E-state index in [0.29, 0.717) is 19.4 Å². The van der Waals surface area contributed by atoms with Gasteiger partial charge in [0, 0.05) is 36.3 Å². The van der Waals surface area contributed by atoms with Gasteiger partial charge in [-0.05, 0) is 31.4 Å². The first-order valence-corrected chi connectivity index (χ1v) is 10.8. The largest absolute Gasteiger partial charge is 0.309 e. The summed E-state index contributed by atoms with van der Waals surface area (Å²) in [4.78, 5) is 14.1. The fraction of sp³-hybridized carbons (Fsp3) is 0.435. The minimum Gasteiger partial charge on any atom is -0.309 e. The van der Waals surface area contributed by atoms with E-state index < -0.39 is 5.92 Å². The summed E-state index contributed by atoms with van der Waals surface area (Å²) in [5.41, 5.74) is 3.32. The van der Waals surface area contributed by atoms with Crippen molar-refractivity contribution >= 4 is 17.1 Å². The predicted molar refractivity (Wildman–Crippen MR) is 114 cm³/mol. The van der Waals surface area contributed by atoms with Gasteiger partial charge in [-0.15, -0.1) is 0 Å². The van der Waals surface area contributed by atoms with Crippen molar-refractivity contribution in [1.29, 1.82) is 10.5 Å². The molecule has 1 atom stereocenters. The van der Waals surface area contributed by atoms with Crippen molar-refractivity contribution in [3.8, 4) is 23.3 Å². The Morgan fingerprint density at radius 2 is 1.94 bits per heavy atom. The highest BCUT2D eigenvalue weighted by Gasteiger charge is 2.45. The van der Waals surface area contributed by atoms with Gasteiger partial charge in [0.2, 0.25) is 5.91 Å². The van der Waals surface area contributed by atoms with Crippen molar-refractivity contribution in [1.82, 2.24) is 19.4 Å². The Morgan fingerprint density at radius 3 is 2.58 bits per heavy atom. The Hall–Kier alpha value is -3.65. The Labute approximate surface area is 180 Å². The van der Waals surface area contributed by atoms with E-state index in [1.165, 1.54) is 19.3 Å². The molecule has 4 heterocycles. The van der Waals surface area contributed by atoms with Crippen LogP contribution in [0.1, 0.15) is 44.9 Å². The molecular weight excluding hydrogens is 390 g/mol. The number of anilines is 1. The molecular formula is C23H23N7O. The van der Waals surface area contributed by atoms with E-state index in [1.54, 1.807) is 21.8 Å². The van der Waals surface area contributed by atoms with E-state index in [1.807, 2.05) is 29.2 Å². The van der Waals surface area contributed by atoms with Crippen LogP contribution in [0.25, 0.3) is 16.6 Å². The number of hydrogen-bond acceptors (Lipinski definition) is 5. The summed E-state index contributed by atoms with van der Waals surface area (Å²) in [6.45, 7) is 0.534. The third-order valence-corrected chi connectivity index (χ3v) is 6.13. The summed E-state index contributed by atoms with van der Waals surface area (Å²) in [7, 11) is 0. The molecule has 1 unspecified atom stereocenters. The van der Waals surface area contributed by atoms with Crippen LogP contribution in [0.5, 0.6) is 0 Å². The lowest BCUT2D eigenvalue weighted by Crippen LogP contribution is -2.27. The Kier molecular flexibility index (Phi) is 4.71. The zero-order valence-corrected chi connectivity index (χ0v) is 17.2. The van der Waals surface area contributed by atoms with Crippen LogP contribution in [0.15, 0.2) is 36.9 Å². The number of carbonyl (C=O) groups excluding carboxylic acids is 1. The monoisotopic (exact) mass is 413 g/mol. The maximum absolute atomic E-state index is 12.5. The number of fused-ring (bicyclic) bond motifs is 1. The fourth-order valence-electron chi connectivity index (χ4n) is 3.93. The number of amides is 1. The van der Waals surface area contributed by atoms with Crippen LogP contribution < -0.4 is 4.90 Å². The molecule has 0 spiro atoms. The number of carbonyl (C=O) groups is 1. The van der Waals surface area contributed by atoms with Gasteiger partial charge in [0.05, 0.1) is 41.5 Å². The quantitative estimate of drug-likeness (QED) is 0.649. The van der Waals surface area contributed by atoms with Crippen LogP contribution in [0.4, 0.5) is 5.69 Å². The minimum absolute atomic E-state index is 0.149. The lowest BCUT2D eigenvalue weighted by molar-refractivity contribution is -0.118. The molecule has 0 bridgehead atoms. The average molecular weight is 413 g/mol. The standard InChI is InChI=1S/C20H17N7O.C3H6/c21-6-5-20(3-4-20)27-13-16(11-24-27)15-9-18-17(1-7-23-26(18)12-15)25-8-2-14(10-22)19(25)28;1-2-3-1/h1,7,9,11-14H,2-5,8H2;1-3H2. The third kappa shape index (κ3) is 3.55. The van der Waals surface area contributed by atoms with Crippen molar-refractivity contribution in [2.24, 2.45) is 5.92 Å². The Balaban J connectivity index is 0.000000628. The summed E-state index contributed by atoms with van der Waals surface area (Å²) in [5, 5.41) is 27.0. The number of nitrogens with zero attached hydrogens (tertiary/aromatic N) is 7. The van der Waals surface area contributed by atoms with Gasteiger partial charge in [-0.1, -0.05) is 19.3 Å². The Morgan fingerprint density at radius 1 is 1.13 bits per heavy atom. The lowest BCUT2D eigenvalue weighted by atomic mass is 10.1. The van der Waals surface area contributed by atoms with Gasteiger partial charge in [0.1, 0.15) is 5.92 Å². The van der Waals surface area contributed by atoms with Gasteiger partial charge < -0.3 is 4.90 Å². The molecule has 6 rings (SSSR count). The maximum atomic E-state index is 12.5. The first-order chi connectivity index (χ1) is 15.1. The molecule has 0 radical (unpaired) electrons. The molecule has 3 fully saturated rings. The van der Waals surface area contributed by atoms with Gasteiger partial charge in [-0.25, -0.2) is 4.52 Å². The molecule has 0 N–H and O–H groups in total. The summed E-state index contributed by atoms with van der Waals surface area (Å²) in [6.07, 6.45) is 14.8. The van der Waals surface area contributed by atoms with Crippen LogP contribution in [0.2, 0.25) is 0 Å². The number of rotatable bonds is 4. The second kappa shape index (κ2) is 7.55. The summed E-state index contributed by atoms with van der Waals surface area (Å²) < 4.78 is 3.65. The van der Waals surface area contributed by atoms with Gasteiger partial charge in [-0.2, -0.15) is 20.7 Å².